The molecule has 1 aromatic rings. The molecule has 1 rings (SSSR count). The molecule has 0 spiro atoms. The molecule has 2 atom stereocenters. The maximum Gasteiger partial charge on any atom is 0.0481 e. The molecule has 2 nitrogen and oxygen atoms in total. The number of nitrogens with two attached hydrogens (primary N) is 1. The zero-order valence-corrected chi connectivity index (χ0v) is 14.3. The Labute approximate surface area is 130 Å². The van der Waals surface area contributed by atoms with Crippen LogP contribution in [0, 0.1) is 5.92 Å². The standard InChI is InChI=1S/C15H24BrClN2/c1-4-11(3)10-19(5-2)15(9-18)13-7-6-12(17)8-14(13)16/h6-8,11,15H,4-5,9-10,18H2,1-3H3. The SMILES string of the molecule is CCC(C)CN(CC)C(CN)c1ccc(Cl)cc1Br. The van der Waals surface area contributed by atoms with E-state index in [0.29, 0.717) is 12.5 Å². The summed E-state index contributed by atoms with van der Waals surface area (Å²) < 4.78 is 1.04. The lowest BCUT2D eigenvalue weighted by atomic mass is 10.0. The van der Waals surface area contributed by atoms with Crippen LogP contribution in [0.1, 0.15) is 38.8 Å². The van der Waals surface area contributed by atoms with E-state index in [-0.39, 0.29) is 6.04 Å². The second kappa shape index (κ2) is 8.25. The highest BCUT2D eigenvalue weighted by atomic mass is 79.9. The van der Waals surface area contributed by atoms with Gasteiger partial charge in [0.2, 0.25) is 0 Å². The topological polar surface area (TPSA) is 29.3 Å². The molecule has 0 radical (unpaired) electrons. The first-order valence-corrected chi connectivity index (χ1v) is 8.09. The lowest BCUT2D eigenvalue weighted by Crippen LogP contribution is -2.36. The zero-order valence-electron chi connectivity index (χ0n) is 12.0. The highest BCUT2D eigenvalue weighted by molar-refractivity contribution is 9.10. The normalized spacial score (nSPS) is 14.7. The summed E-state index contributed by atoms with van der Waals surface area (Å²) in [4.78, 5) is 2.45. The Morgan fingerprint density at radius 1 is 1.37 bits per heavy atom. The van der Waals surface area contributed by atoms with Crippen LogP contribution in [0.5, 0.6) is 0 Å². The van der Waals surface area contributed by atoms with Crippen molar-refractivity contribution >= 4 is 27.5 Å². The summed E-state index contributed by atoms with van der Waals surface area (Å²) >= 11 is 9.61. The summed E-state index contributed by atoms with van der Waals surface area (Å²) in [6.07, 6.45) is 1.19. The van der Waals surface area contributed by atoms with Crippen LogP contribution in [0.15, 0.2) is 22.7 Å². The van der Waals surface area contributed by atoms with Gasteiger partial charge in [-0.05, 0) is 30.2 Å². The molecular weight excluding hydrogens is 324 g/mol. The van der Waals surface area contributed by atoms with Gasteiger partial charge in [0, 0.05) is 28.6 Å². The third kappa shape index (κ3) is 4.75. The first-order chi connectivity index (χ1) is 9.03. The fourth-order valence-corrected chi connectivity index (χ4v) is 3.20. The van der Waals surface area contributed by atoms with Gasteiger partial charge in [-0.15, -0.1) is 0 Å². The van der Waals surface area contributed by atoms with Crippen LogP contribution < -0.4 is 5.73 Å². The van der Waals surface area contributed by atoms with Gasteiger partial charge in [0.05, 0.1) is 0 Å². The maximum atomic E-state index is 6.01. The molecule has 0 aromatic heterocycles. The smallest absolute Gasteiger partial charge is 0.0481 e. The summed E-state index contributed by atoms with van der Waals surface area (Å²) in [5.41, 5.74) is 7.23. The lowest BCUT2D eigenvalue weighted by molar-refractivity contribution is 0.182. The van der Waals surface area contributed by atoms with Crippen molar-refractivity contribution in [2.24, 2.45) is 11.7 Å². The third-order valence-electron chi connectivity index (χ3n) is 3.63. The van der Waals surface area contributed by atoms with Crippen molar-refractivity contribution in [3.8, 4) is 0 Å². The molecule has 108 valence electrons. The average Bonchev–Trinajstić information content (AvgIpc) is 2.40. The summed E-state index contributed by atoms with van der Waals surface area (Å²) in [7, 11) is 0. The van der Waals surface area contributed by atoms with Gasteiger partial charge in [-0.25, -0.2) is 0 Å². The van der Waals surface area contributed by atoms with Gasteiger partial charge in [0.1, 0.15) is 0 Å². The summed E-state index contributed by atoms with van der Waals surface area (Å²) in [5, 5.41) is 0.747. The molecule has 0 bridgehead atoms. The van der Waals surface area contributed by atoms with E-state index >= 15 is 0 Å². The Kier molecular flexibility index (Phi) is 7.37. The van der Waals surface area contributed by atoms with Crippen LogP contribution >= 0.6 is 27.5 Å². The Bertz CT molecular complexity index is 398. The minimum atomic E-state index is 0.241. The summed E-state index contributed by atoms with van der Waals surface area (Å²) in [6.45, 7) is 9.39. The average molecular weight is 348 g/mol. The quantitative estimate of drug-likeness (QED) is 0.788. The summed E-state index contributed by atoms with van der Waals surface area (Å²) in [6, 6.07) is 6.19. The number of likely N-dealkylation sites (N-methyl/N-ethyl adjacent to an activating group) is 1. The van der Waals surface area contributed by atoms with E-state index < -0.39 is 0 Å². The molecule has 2 N–H and O–H groups in total. The molecule has 0 saturated heterocycles. The van der Waals surface area contributed by atoms with Crippen molar-refractivity contribution in [2.75, 3.05) is 19.6 Å². The van der Waals surface area contributed by atoms with Gasteiger partial charge in [-0.1, -0.05) is 60.8 Å². The Hall–Kier alpha value is -0.0900. The Morgan fingerprint density at radius 3 is 2.53 bits per heavy atom. The van der Waals surface area contributed by atoms with Gasteiger partial charge in [-0.2, -0.15) is 0 Å². The molecule has 4 heteroatoms. The third-order valence-corrected chi connectivity index (χ3v) is 4.56. The van der Waals surface area contributed by atoms with Gasteiger partial charge in [0.15, 0.2) is 0 Å². The largest absolute Gasteiger partial charge is 0.329 e. The van der Waals surface area contributed by atoms with Gasteiger partial charge >= 0.3 is 0 Å². The van der Waals surface area contributed by atoms with Gasteiger partial charge in [0.25, 0.3) is 0 Å². The predicted octanol–water partition coefficient (Wildman–Crippen LogP) is 4.47. The second-order valence-electron chi connectivity index (χ2n) is 5.02. The minimum Gasteiger partial charge on any atom is -0.329 e. The molecule has 0 saturated carbocycles. The first-order valence-electron chi connectivity index (χ1n) is 6.92. The van der Waals surface area contributed by atoms with Crippen molar-refractivity contribution in [1.29, 1.82) is 0 Å². The summed E-state index contributed by atoms with van der Waals surface area (Å²) in [5.74, 6) is 0.681. The van der Waals surface area contributed by atoms with Crippen LogP contribution in [-0.2, 0) is 0 Å². The maximum absolute atomic E-state index is 6.01. The predicted molar refractivity (Wildman–Crippen MR) is 87.6 cm³/mol. The molecule has 0 amide bonds. The van der Waals surface area contributed by atoms with Gasteiger partial charge < -0.3 is 5.73 Å². The molecule has 0 heterocycles. The Balaban J connectivity index is 2.96. The van der Waals surface area contributed by atoms with E-state index in [4.69, 9.17) is 17.3 Å². The number of rotatable bonds is 7. The highest BCUT2D eigenvalue weighted by Crippen LogP contribution is 2.30. The molecule has 1 aromatic carbocycles. The number of nitrogens with zero attached hydrogens (tertiary/aromatic N) is 1. The van der Waals surface area contributed by atoms with Crippen LogP contribution in [0.2, 0.25) is 5.02 Å². The molecule has 19 heavy (non-hydrogen) atoms. The molecular formula is C15H24BrClN2. The van der Waals surface area contributed by atoms with Gasteiger partial charge in [-0.3, -0.25) is 4.90 Å². The van der Waals surface area contributed by atoms with Crippen molar-refractivity contribution in [3.05, 3.63) is 33.3 Å². The van der Waals surface area contributed by atoms with E-state index in [1.54, 1.807) is 0 Å². The lowest BCUT2D eigenvalue weighted by Gasteiger charge is -2.32. The van der Waals surface area contributed by atoms with Crippen LogP contribution in [0.25, 0.3) is 0 Å². The fourth-order valence-electron chi connectivity index (χ4n) is 2.25. The second-order valence-corrected chi connectivity index (χ2v) is 6.31. The van der Waals surface area contributed by atoms with Crippen molar-refractivity contribution in [1.82, 2.24) is 4.90 Å². The van der Waals surface area contributed by atoms with E-state index in [1.165, 1.54) is 12.0 Å². The number of halogens is 2. The van der Waals surface area contributed by atoms with Crippen LogP contribution in [0.4, 0.5) is 0 Å². The zero-order chi connectivity index (χ0) is 14.4. The highest BCUT2D eigenvalue weighted by Gasteiger charge is 2.21. The van der Waals surface area contributed by atoms with Crippen LogP contribution in [-0.4, -0.2) is 24.5 Å². The van der Waals surface area contributed by atoms with E-state index in [2.05, 4.69) is 47.7 Å². The molecule has 0 fully saturated rings. The van der Waals surface area contributed by atoms with E-state index in [9.17, 15) is 0 Å². The van der Waals surface area contributed by atoms with Crippen molar-refractivity contribution in [2.45, 2.75) is 33.2 Å². The molecule has 2 unspecified atom stereocenters. The fraction of sp³-hybridized carbons (Fsp3) is 0.600. The monoisotopic (exact) mass is 346 g/mol. The Morgan fingerprint density at radius 2 is 2.05 bits per heavy atom. The molecule has 0 aliphatic heterocycles. The van der Waals surface area contributed by atoms with E-state index in [0.717, 1.165) is 22.6 Å². The number of hydrogen-bond donors (Lipinski definition) is 1. The molecule has 0 aliphatic rings. The minimum absolute atomic E-state index is 0.241. The molecule has 0 aliphatic carbocycles. The first kappa shape index (κ1) is 17.0. The number of hydrogen-bond acceptors (Lipinski definition) is 2. The van der Waals surface area contributed by atoms with Crippen molar-refractivity contribution in [3.63, 3.8) is 0 Å². The van der Waals surface area contributed by atoms with E-state index in [1.807, 2.05) is 12.1 Å². The number of benzene rings is 1. The van der Waals surface area contributed by atoms with Crippen LogP contribution in [0.3, 0.4) is 0 Å². The van der Waals surface area contributed by atoms with Crippen molar-refractivity contribution < 1.29 is 0 Å².